The lowest BCUT2D eigenvalue weighted by atomic mass is 10.1. The third kappa shape index (κ3) is 6.47. The van der Waals surface area contributed by atoms with Gasteiger partial charge in [-0.25, -0.2) is 13.4 Å². The molecule has 1 fully saturated rings. The summed E-state index contributed by atoms with van der Waals surface area (Å²) in [6, 6.07) is 9.36. The maximum atomic E-state index is 13.5. The fourth-order valence-corrected chi connectivity index (χ4v) is 7.00. The number of benzene rings is 2. The van der Waals surface area contributed by atoms with Gasteiger partial charge in [0.05, 0.1) is 27.6 Å². The van der Waals surface area contributed by atoms with Crippen molar-refractivity contribution in [2.75, 3.05) is 17.2 Å². The van der Waals surface area contributed by atoms with E-state index in [-0.39, 0.29) is 28.9 Å². The quantitative estimate of drug-likeness (QED) is 0.160. The topological polar surface area (TPSA) is 163 Å². The van der Waals surface area contributed by atoms with Crippen molar-refractivity contribution in [3.8, 4) is 5.75 Å². The number of halogens is 1. The van der Waals surface area contributed by atoms with Crippen molar-refractivity contribution in [1.29, 1.82) is 0 Å². The molecule has 2 aliphatic heterocycles. The van der Waals surface area contributed by atoms with Gasteiger partial charge in [0.15, 0.2) is 9.84 Å². The third-order valence-corrected chi connectivity index (χ3v) is 10.6. The number of hydrogen-bond acceptors (Lipinski definition) is 10. The zero-order valence-corrected chi connectivity index (χ0v) is 27.8. The summed E-state index contributed by atoms with van der Waals surface area (Å²) in [6.07, 6.45) is 1.85. The first kappa shape index (κ1) is 31.9. The molecule has 0 saturated carbocycles. The summed E-state index contributed by atoms with van der Waals surface area (Å²) < 4.78 is 32.8. The van der Waals surface area contributed by atoms with E-state index in [1.165, 1.54) is 0 Å². The fourth-order valence-electron chi connectivity index (χ4n) is 5.24. The summed E-state index contributed by atoms with van der Waals surface area (Å²) in [7, 11) is -3.56. The molecule has 2 aliphatic rings. The highest BCUT2D eigenvalue weighted by molar-refractivity contribution is 14.1. The van der Waals surface area contributed by atoms with Crippen LogP contribution in [0.25, 0.3) is 0 Å². The van der Waals surface area contributed by atoms with E-state index in [1.54, 1.807) is 55.3 Å². The molecule has 234 valence electrons. The summed E-state index contributed by atoms with van der Waals surface area (Å²) in [5.74, 6) is 0.0859. The number of hydrogen-bond donors (Lipinski definition) is 4. The minimum atomic E-state index is -3.56. The Morgan fingerprint density at radius 2 is 1.93 bits per heavy atom. The van der Waals surface area contributed by atoms with Crippen molar-refractivity contribution in [3.63, 3.8) is 0 Å². The number of rotatable bonds is 11. The van der Waals surface area contributed by atoms with Gasteiger partial charge >= 0.3 is 5.97 Å². The number of carboxylic acids is 1. The number of aliphatic carboxylic acids is 1. The number of carbonyl (C=O) groups is 2. The van der Waals surface area contributed by atoms with Crippen molar-refractivity contribution in [1.82, 2.24) is 20.2 Å². The minimum absolute atomic E-state index is 0.156. The van der Waals surface area contributed by atoms with Gasteiger partial charge in [0, 0.05) is 40.9 Å². The molecule has 1 saturated heterocycles. The number of anilines is 4. The maximum absolute atomic E-state index is 13.5. The molecule has 4 N–H and O–H groups in total. The molecule has 0 radical (unpaired) electrons. The van der Waals surface area contributed by atoms with E-state index in [2.05, 4.69) is 43.5 Å². The maximum Gasteiger partial charge on any atom is 0.320 e. The van der Waals surface area contributed by atoms with Gasteiger partial charge in [-0.2, -0.15) is 4.98 Å². The number of sulfone groups is 1. The zero-order valence-electron chi connectivity index (χ0n) is 24.8. The molecule has 5 rings (SSSR count). The zero-order chi connectivity index (χ0) is 31.8. The molecular weight excluding hydrogens is 699 g/mol. The van der Waals surface area contributed by atoms with Gasteiger partial charge in [0.2, 0.25) is 5.95 Å². The van der Waals surface area contributed by atoms with Gasteiger partial charge in [0.1, 0.15) is 17.6 Å². The molecule has 2 atom stereocenters. The predicted octanol–water partition coefficient (Wildman–Crippen LogP) is 4.64. The van der Waals surface area contributed by atoms with Crippen LogP contribution in [0.3, 0.4) is 0 Å². The van der Waals surface area contributed by atoms with E-state index in [9.17, 15) is 23.1 Å². The minimum Gasteiger partial charge on any atom is -0.489 e. The number of nitrogens with zero attached hydrogens (tertiary/aromatic N) is 3. The smallest absolute Gasteiger partial charge is 0.320 e. The van der Waals surface area contributed by atoms with Crippen molar-refractivity contribution in [2.24, 2.45) is 0 Å². The average Bonchev–Trinajstić information content (AvgIpc) is 3.58. The molecule has 0 bridgehead atoms. The molecule has 3 aromatic rings. The molecule has 1 aromatic heterocycles. The molecule has 12 nitrogen and oxygen atoms in total. The molecule has 2 aromatic carbocycles. The Hall–Kier alpha value is -3.50. The highest BCUT2D eigenvalue weighted by Gasteiger charge is 2.39. The van der Waals surface area contributed by atoms with E-state index in [0.717, 1.165) is 11.1 Å². The summed E-state index contributed by atoms with van der Waals surface area (Å²) in [5, 5.41) is 18.2. The van der Waals surface area contributed by atoms with Gasteiger partial charge in [-0.3, -0.25) is 9.59 Å². The summed E-state index contributed by atoms with van der Waals surface area (Å²) in [5.41, 5.74) is 2.97. The Labute approximate surface area is 270 Å². The number of para-hydroxylation sites is 1. The molecule has 0 aliphatic carbocycles. The summed E-state index contributed by atoms with van der Waals surface area (Å²) >= 11 is 2.20. The number of carboxylic acid groups (broad SMARTS) is 1. The molecule has 3 heterocycles. The van der Waals surface area contributed by atoms with Crippen LogP contribution < -0.4 is 20.7 Å². The number of aromatic nitrogens is 2. The second-order valence-corrected chi connectivity index (χ2v) is 14.6. The van der Waals surface area contributed by atoms with Crippen LogP contribution in [0.2, 0.25) is 0 Å². The van der Waals surface area contributed by atoms with Crippen molar-refractivity contribution < 1.29 is 27.9 Å². The van der Waals surface area contributed by atoms with E-state index >= 15 is 0 Å². The Morgan fingerprint density at radius 1 is 1.18 bits per heavy atom. The van der Waals surface area contributed by atoms with E-state index in [0.29, 0.717) is 52.4 Å². The predicted molar refractivity (Wildman–Crippen MR) is 175 cm³/mol. The lowest BCUT2D eigenvalue weighted by Gasteiger charge is -2.22. The van der Waals surface area contributed by atoms with Crippen molar-refractivity contribution in [2.45, 2.75) is 73.4 Å². The van der Waals surface area contributed by atoms with Gasteiger partial charge in [-0.05, 0) is 63.9 Å². The highest BCUT2D eigenvalue weighted by Crippen LogP contribution is 2.37. The van der Waals surface area contributed by atoms with Crippen molar-refractivity contribution in [3.05, 3.63) is 59.3 Å². The second-order valence-electron chi connectivity index (χ2n) is 11.3. The van der Waals surface area contributed by atoms with Crippen LogP contribution in [0.4, 0.5) is 23.1 Å². The van der Waals surface area contributed by atoms with E-state index < -0.39 is 27.1 Å². The van der Waals surface area contributed by atoms with Crippen LogP contribution in [-0.4, -0.2) is 70.3 Å². The van der Waals surface area contributed by atoms with Gasteiger partial charge < -0.3 is 30.7 Å². The molecule has 14 heteroatoms. The molecular formula is C30H35IN6O6S. The van der Waals surface area contributed by atoms with Gasteiger partial charge in [0.25, 0.3) is 5.91 Å². The molecule has 0 unspecified atom stereocenters. The lowest BCUT2D eigenvalue weighted by molar-refractivity contribution is -0.139. The number of carbonyl (C=O) groups excluding carboxylic acids is 1. The molecule has 1 amide bonds. The monoisotopic (exact) mass is 734 g/mol. The first-order valence-corrected chi connectivity index (χ1v) is 17.4. The number of nitrogens with one attached hydrogen (secondary N) is 3. The Kier molecular flexibility index (Phi) is 9.32. The van der Waals surface area contributed by atoms with Crippen LogP contribution in [0.15, 0.2) is 47.5 Å². The average molecular weight is 735 g/mol. The second kappa shape index (κ2) is 12.9. The standard InChI is InChI=1S/C30H35IN6O6S/c1-16(2)43-25-9-18-15-37(20-10-24(29(39)40)32-14-20)28(38)21(18)11-23(25)35-30-33-13-19(12-31)27(36-30)34-22-7-5-6-8-26(22)44(41,42)17(3)4/h5-9,11,13,16-17,20,24,32H,10,12,14-15H2,1-4H3,(H,39,40)(H2,33,34,35,36)/t20-,24+/m1/s1. The van der Waals surface area contributed by atoms with Gasteiger partial charge in [-0.1, -0.05) is 34.7 Å². The van der Waals surface area contributed by atoms with Crippen LogP contribution in [0.5, 0.6) is 5.75 Å². The van der Waals surface area contributed by atoms with Crippen LogP contribution in [0, 0.1) is 0 Å². The molecule has 44 heavy (non-hydrogen) atoms. The number of ether oxygens (including phenoxy) is 1. The SMILES string of the molecule is CC(C)Oc1cc2c(cc1Nc1ncc(CI)c(Nc3ccccc3S(=O)(=O)C(C)C)n1)C(=O)N([C@H]1CN[C@H](C(=O)O)C1)C2. The van der Waals surface area contributed by atoms with Gasteiger partial charge in [-0.15, -0.1) is 0 Å². The van der Waals surface area contributed by atoms with Crippen molar-refractivity contribution >= 4 is 67.4 Å². The van der Waals surface area contributed by atoms with Crippen LogP contribution in [0.1, 0.15) is 55.6 Å². The first-order chi connectivity index (χ1) is 20.9. The van der Waals surface area contributed by atoms with E-state index in [1.807, 2.05) is 19.9 Å². The van der Waals surface area contributed by atoms with Crippen LogP contribution in [-0.2, 0) is 25.6 Å². The number of fused-ring (bicyclic) bond motifs is 1. The Bertz CT molecular complexity index is 1700. The van der Waals surface area contributed by atoms with E-state index in [4.69, 9.17) is 9.72 Å². The highest BCUT2D eigenvalue weighted by atomic mass is 127. The number of alkyl halides is 1. The van der Waals surface area contributed by atoms with Crippen LogP contribution >= 0.6 is 22.6 Å². The lowest BCUT2D eigenvalue weighted by Crippen LogP contribution is -2.36. The largest absolute Gasteiger partial charge is 0.489 e. The Balaban J connectivity index is 1.46. The third-order valence-electron chi connectivity index (χ3n) is 7.57. The fraction of sp³-hybridized carbons (Fsp3) is 0.400. The summed E-state index contributed by atoms with van der Waals surface area (Å²) in [4.78, 5) is 36.0. The Morgan fingerprint density at radius 3 is 2.59 bits per heavy atom. The number of amides is 1. The molecule has 0 spiro atoms. The summed E-state index contributed by atoms with van der Waals surface area (Å²) in [6.45, 7) is 7.86. The normalized spacial score (nSPS) is 18.2. The first-order valence-electron chi connectivity index (χ1n) is 14.3.